The minimum atomic E-state index is -0.632. The van der Waals surface area contributed by atoms with E-state index < -0.39 is 6.10 Å². The molecule has 0 fully saturated rings. The second-order valence-corrected chi connectivity index (χ2v) is 6.24. The Labute approximate surface area is 152 Å². The lowest BCUT2D eigenvalue weighted by Crippen LogP contribution is -2.36. The van der Waals surface area contributed by atoms with Gasteiger partial charge in [0.2, 0.25) is 5.91 Å². The maximum atomic E-state index is 11.7. The van der Waals surface area contributed by atoms with Crippen LogP contribution in [-0.4, -0.2) is 63.8 Å². The number of rotatable bonds is 6. The fourth-order valence-electron chi connectivity index (χ4n) is 2.94. The van der Waals surface area contributed by atoms with E-state index in [4.69, 9.17) is 4.74 Å². The molecule has 8 nitrogen and oxygen atoms in total. The summed E-state index contributed by atoms with van der Waals surface area (Å²) in [6.07, 6.45) is 3.42. The molecule has 138 valence electrons. The highest BCUT2D eigenvalue weighted by atomic mass is 16.5. The number of fused-ring (bicyclic) bond motifs is 1. The lowest BCUT2D eigenvalue weighted by Gasteiger charge is -2.29. The monoisotopic (exact) mass is 357 g/mol. The highest BCUT2D eigenvalue weighted by Gasteiger charge is 2.24. The van der Waals surface area contributed by atoms with Gasteiger partial charge in [0.1, 0.15) is 5.82 Å². The molecule has 0 aromatic carbocycles. The van der Waals surface area contributed by atoms with Gasteiger partial charge in [-0.05, 0) is 18.6 Å². The van der Waals surface area contributed by atoms with Crippen LogP contribution in [0.5, 0.6) is 0 Å². The average Bonchev–Trinajstić information content (AvgIpc) is 2.66. The van der Waals surface area contributed by atoms with Crippen LogP contribution in [0.1, 0.15) is 18.2 Å². The summed E-state index contributed by atoms with van der Waals surface area (Å²) in [5.74, 6) is 1.30. The van der Waals surface area contributed by atoms with Gasteiger partial charge < -0.3 is 20.1 Å². The number of carbonyl (C=O) groups excluding carboxylic acids is 1. The van der Waals surface area contributed by atoms with E-state index in [-0.39, 0.29) is 12.5 Å². The van der Waals surface area contributed by atoms with Gasteiger partial charge >= 0.3 is 0 Å². The first-order chi connectivity index (χ1) is 12.6. The van der Waals surface area contributed by atoms with E-state index >= 15 is 0 Å². The van der Waals surface area contributed by atoms with Gasteiger partial charge in [0, 0.05) is 50.6 Å². The third kappa shape index (κ3) is 4.14. The molecule has 0 saturated heterocycles. The number of hydrogen-bond donors (Lipinski definition) is 2. The predicted molar refractivity (Wildman–Crippen MR) is 96.4 cm³/mol. The normalized spacial score (nSPS) is 14.7. The largest absolute Gasteiger partial charge is 0.389 e. The van der Waals surface area contributed by atoms with Gasteiger partial charge in [0.05, 0.1) is 24.9 Å². The summed E-state index contributed by atoms with van der Waals surface area (Å²) in [6, 6.07) is 3.69. The smallest absolute Gasteiger partial charge is 0.219 e. The first kappa shape index (κ1) is 18.2. The van der Waals surface area contributed by atoms with Crippen LogP contribution < -0.4 is 5.32 Å². The average molecular weight is 357 g/mol. The van der Waals surface area contributed by atoms with E-state index in [0.29, 0.717) is 37.7 Å². The van der Waals surface area contributed by atoms with Crippen LogP contribution in [0.15, 0.2) is 24.5 Å². The van der Waals surface area contributed by atoms with Crippen molar-refractivity contribution in [1.29, 1.82) is 0 Å². The second kappa shape index (κ2) is 8.20. The van der Waals surface area contributed by atoms with Crippen molar-refractivity contribution >= 4 is 11.7 Å². The highest BCUT2D eigenvalue weighted by molar-refractivity contribution is 5.74. The Hall–Kier alpha value is -2.58. The number of aliphatic hydroxyl groups is 1. The maximum absolute atomic E-state index is 11.7. The Morgan fingerprint density at radius 2 is 2.15 bits per heavy atom. The zero-order valence-corrected chi connectivity index (χ0v) is 15.0. The molecule has 2 N–H and O–H groups in total. The lowest BCUT2D eigenvalue weighted by molar-refractivity contribution is -0.129. The summed E-state index contributed by atoms with van der Waals surface area (Å²) < 4.78 is 4.96. The van der Waals surface area contributed by atoms with Crippen LogP contribution in [0.25, 0.3) is 11.4 Å². The van der Waals surface area contributed by atoms with Gasteiger partial charge in [-0.3, -0.25) is 9.78 Å². The fraction of sp³-hybridized carbons (Fsp3) is 0.444. The molecule has 1 aliphatic rings. The highest BCUT2D eigenvalue weighted by Crippen LogP contribution is 2.27. The molecule has 0 aliphatic carbocycles. The molecule has 26 heavy (non-hydrogen) atoms. The van der Waals surface area contributed by atoms with Crippen molar-refractivity contribution in [1.82, 2.24) is 19.9 Å². The Balaban J connectivity index is 1.94. The molecule has 1 atom stereocenters. The van der Waals surface area contributed by atoms with Gasteiger partial charge in [-0.1, -0.05) is 0 Å². The van der Waals surface area contributed by atoms with E-state index in [1.54, 1.807) is 31.3 Å². The van der Waals surface area contributed by atoms with Crippen molar-refractivity contribution in [2.75, 3.05) is 32.1 Å². The summed E-state index contributed by atoms with van der Waals surface area (Å²) in [4.78, 5) is 26.9. The zero-order valence-electron chi connectivity index (χ0n) is 15.0. The van der Waals surface area contributed by atoms with Crippen molar-refractivity contribution in [3.8, 4) is 11.4 Å². The minimum Gasteiger partial charge on any atom is -0.389 e. The molecule has 3 heterocycles. The van der Waals surface area contributed by atoms with E-state index in [9.17, 15) is 9.90 Å². The number of amides is 1. The van der Waals surface area contributed by atoms with Crippen molar-refractivity contribution in [2.24, 2.45) is 0 Å². The van der Waals surface area contributed by atoms with Crippen LogP contribution in [0.4, 0.5) is 5.82 Å². The number of ether oxygens (including phenoxy) is 1. The summed E-state index contributed by atoms with van der Waals surface area (Å²) >= 11 is 0. The summed E-state index contributed by atoms with van der Waals surface area (Å²) in [5, 5.41) is 13.1. The van der Waals surface area contributed by atoms with Crippen molar-refractivity contribution < 1.29 is 14.6 Å². The molecular formula is C18H23N5O3. The number of pyridine rings is 1. The van der Waals surface area contributed by atoms with Gasteiger partial charge in [-0.15, -0.1) is 0 Å². The summed E-state index contributed by atoms with van der Waals surface area (Å²) in [6.45, 7) is 3.23. The topological polar surface area (TPSA) is 100 Å². The molecule has 0 saturated carbocycles. The summed E-state index contributed by atoms with van der Waals surface area (Å²) in [5.41, 5.74) is 2.67. The number of nitrogens with one attached hydrogen (secondary N) is 1. The third-order valence-corrected chi connectivity index (χ3v) is 4.31. The molecule has 3 rings (SSSR count). The second-order valence-electron chi connectivity index (χ2n) is 6.24. The molecule has 2 aromatic heterocycles. The number of nitrogens with zero attached hydrogens (tertiary/aromatic N) is 4. The van der Waals surface area contributed by atoms with E-state index in [0.717, 1.165) is 16.8 Å². The Morgan fingerprint density at radius 3 is 2.85 bits per heavy atom. The number of methoxy groups -OCH3 is 1. The Bertz CT molecular complexity index is 769. The maximum Gasteiger partial charge on any atom is 0.219 e. The number of aliphatic hydroxyl groups excluding tert-OH is 1. The van der Waals surface area contributed by atoms with E-state index in [1.165, 1.54) is 0 Å². The number of carbonyl (C=O) groups is 1. The van der Waals surface area contributed by atoms with Crippen molar-refractivity contribution in [3.63, 3.8) is 0 Å². The van der Waals surface area contributed by atoms with Gasteiger partial charge in [-0.2, -0.15) is 0 Å². The Morgan fingerprint density at radius 1 is 1.38 bits per heavy atom. The number of aromatic nitrogens is 3. The van der Waals surface area contributed by atoms with Gasteiger partial charge in [0.15, 0.2) is 5.82 Å². The fourth-order valence-corrected chi connectivity index (χ4v) is 2.94. The molecule has 0 unspecified atom stereocenters. The molecule has 1 amide bonds. The van der Waals surface area contributed by atoms with Crippen LogP contribution in [-0.2, 0) is 22.5 Å². The molecule has 8 heteroatoms. The van der Waals surface area contributed by atoms with Crippen molar-refractivity contribution in [2.45, 2.75) is 26.0 Å². The van der Waals surface area contributed by atoms with Gasteiger partial charge in [-0.25, -0.2) is 9.97 Å². The summed E-state index contributed by atoms with van der Waals surface area (Å²) in [7, 11) is 1.55. The van der Waals surface area contributed by atoms with Crippen LogP contribution in [0, 0.1) is 0 Å². The van der Waals surface area contributed by atoms with Crippen molar-refractivity contribution in [3.05, 3.63) is 35.8 Å². The lowest BCUT2D eigenvalue weighted by atomic mass is 10.0. The molecule has 1 aliphatic heterocycles. The predicted octanol–water partition coefficient (Wildman–Crippen LogP) is 0.862. The standard InChI is InChI=1S/C18H23N5O3/c1-12(24)23-8-5-15-16(10-23)21-17(13-3-6-19-7-4-13)22-18(15)20-9-14(25)11-26-2/h3-4,6-7,14,25H,5,8-11H2,1-2H3,(H,20,21,22)/t14-/m0/s1. The molecule has 2 aromatic rings. The quantitative estimate of drug-likeness (QED) is 0.791. The molecule has 0 spiro atoms. The van der Waals surface area contributed by atoms with E-state index in [1.807, 2.05) is 12.1 Å². The minimum absolute atomic E-state index is 0.0322. The number of hydrogen-bond acceptors (Lipinski definition) is 7. The molecule has 0 radical (unpaired) electrons. The van der Waals surface area contributed by atoms with Crippen LogP contribution in [0.3, 0.4) is 0 Å². The van der Waals surface area contributed by atoms with Crippen LogP contribution >= 0.6 is 0 Å². The van der Waals surface area contributed by atoms with E-state index in [2.05, 4.69) is 20.3 Å². The molecular weight excluding hydrogens is 334 g/mol. The molecule has 0 bridgehead atoms. The zero-order chi connectivity index (χ0) is 18.5. The van der Waals surface area contributed by atoms with Crippen LogP contribution in [0.2, 0.25) is 0 Å². The SMILES string of the molecule is COC[C@@H](O)CNc1nc(-c2ccncc2)nc2c1CCN(C(C)=O)C2. The third-order valence-electron chi connectivity index (χ3n) is 4.31. The number of anilines is 1. The first-order valence-corrected chi connectivity index (χ1v) is 8.55. The Kier molecular flexibility index (Phi) is 5.75. The first-order valence-electron chi connectivity index (χ1n) is 8.55. The van der Waals surface area contributed by atoms with Gasteiger partial charge in [0.25, 0.3) is 0 Å².